The molecule has 2 N–H and O–H groups in total. The van der Waals surface area contributed by atoms with E-state index in [9.17, 15) is 10.2 Å². The molecule has 0 spiro atoms. The predicted molar refractivity (Wildman–Crippen MR) is 67.8 cm³/mol. The van der Waals surface area contributed by atoms with E-state index in [-0.39, 0.29) is 11.5 Å². The second-order valence-corrected chi connectivity index (χ2v) is 4.23. The molecule has 0 radical (unpaired) electrons. The molecule has 3 rings (SSSR count). The van der Waals surface area contributed by atoms with E-state index in [1.165, 1.54) is 0 Å². The molecule has 4 heteroatoms. The number of aromatic nitrogens is 2. The molecule has 0 amide bonds. The molecular weight excluding hydrogens is 228 g/mol. The minimum Gasteiger partial charge on any atom is -0.508 e. The van der Waals surface area contributed by atoms with Crippen LogP contribution in [0.15, 0.2) is 48.8 Å². The van der Waals surface area contributed by atoms with Gasteiger partial charge in [0.05, 0.1) is 11.9 Å². The molecule has 0 bridgehead atoms. The molecule has 0 unspecified atom stereocenters. The molecule has 2 heterocycles. The first kappa shape index (κ1) is 10.7. The third-order valence-electron chi connectivity index (χ3n) is 2.81. The summed E-state index contributed by atoms with van der Waals surface area (Å²) in [7, 11) is 0. The van der Waals surface area contributed by atoms with Crippen molar-refractivity contribution in [3.8, 4) is 11.5 Å². The van der Waals surface area contributed by atoms with Gasteiger partial charge in [0.1, 0.15) is 17.1 Å². The van der Waals surface area contributed by atoms with Gasteiger partial charge in [0, 0.05) is 12.6 Å². The minimum atomic E-state index is 0.219. The fraction of sp³-hybridized carbons (Fsp3) is 0.0714. The van der Waals surface area contributed by atoms with Crippen molar-refractivity contribution in [2.45, 2.75) is 6.42 Å². The minimum absolute atomic E-state index is 0.219. The van der Waals surface area contributed by atoms with Gasteiger partial charge >= 0.3 is 0 Å². The highest BCUT2D eigenvalue weighted by Gasteiger charge is 2.03. The number of pyridine rings is 1. The van der Waals surface area contributed by atoms with Crippen LogP contribution in [0.2, 0.25) is 0 Å². The maximum Gasteiger partial charge on any atom is 0.137 e. The quantitative estimate of drug-likeness (QED) is 0.722. The first-order valence-corrected chi connectivity index (χ1v) is 5.65. The van der Waals surface area contributed by atoms with Gasteiger partial charge in [0.2, 0.25) is 0 Å². The summed E-state index contributed by atoms with van der Waals surface area (Å²) in [5, 5.41) is 18.6. The molecule has 0 saturated heterocycles. The maximum absolute atomic E-state index is 9.38. The summed E-state index contributed by atoms with van der Waals surface area (Å²) in [5.74, 6) is 0.481. The lowest BCUT2D eigenvalue weighted by Gasteiger charge is -1.97. The molecule has 0 aliphatic heterocycles. The van der Waals surface area contributed by atoms with E-state index in [0.717, 1.165) is 16.9 Å². The van der Waals surface area contributed by atoms with Crippen molar-refractivity contribution in [3.05, 3.63) is 60.0 Å². The maximum atomic E-state index is 9.38. The number of hydrogen-bond acceptors (Lipinski definition) is 3. The van der Waals surface area contributed by atoms with E-state index >= 15 is 0 Å². The van der Waals surface area contributed by atoms with Crippen molar-refractivity contribution in [2.24, 2.45) is 0 Å². The molecule has 4 nitrogen and oxygen atoms in total. The number of imidazole rings is 1. The molecule has 2 aromatic heterocycles. The Morgan fingerprint density at radius 1 is 0.889 bits per heavy atom. The summed E-state index contributed by atoms with van der Waals surface area (Å²) >= 11 is 0. The molecule has 3 aromatic rings. The normalized spacial score (nSPS) is 10.9. The number of aromatic hydroxyl groups is 2. The van der Waals surface area contributed by atoms with Crippen LogP contribution in [0, 0.1) is 0 Å². The number of nitrogens with zero attached hydrogens (tertiary/aromatic N) is 2. The van der Waals surface area contributed by atoms with Gasteiger partial charge in [-0.2, -0.15) is 0 Å². The first-order valence-electron chi connectivity index (χ1n) is 5.65. The van der Waals surface area contributed by atoms with Crippen LogP contribution in [0.4, 0.5) is 0 Å². The third kappa shape index (κ3) is 2.00. The monoisotopic (exact) mass is 240 g/mol. The van der Waals surface area contributed by atoms with Crippen LogP contribution in [0.1, 0.15) is 11.3 Å². The fourth-order valence-corrected chi connectivity index (χ4v) is 1.94. The van der Waals surface area contributed by atoms with Crippen LogP contribution in [-0.4, -0.2) is 19.6 Å². The van der Waals surface area contributed by atoms with Gasteiger partial charge in [-0.3, -0.25) is 0 Å². The summed E-state index contributed by atoms with van der Waals surface area (Å²) in [5.41, 5.74) is 2.81. The Balaban J connectivity index is 1.92. The van der Waals surface area contributed by atoms with Crippen molar-refractivity contribution in [1.29, 1.82) is 0 Å². The average Bonchev–Trinajstić information content (AvgIpc) is 2.73. The van der Waals surface area contributed by atoms with Gasteiger partial charge in [-0.15, -0.1) is 0 Å². The van der Waals surface area contributed by atoms with Crippen LogP contribution in [0.3, 0.4) is 0 Å². The Morgan fingerprint density at radius 3 is 2.39 bits per heavy atom. The zero-order valence-electron chi connectivity index (χ0n) is 9.61. The van der Waals surface area contributed by atoms with Crippen molar-refractivity contribution in [1.82, 2.24) is 9.38 Å². The number of benzene rings is 1. The van der Waals surface area contributed by atoms with Crippen LogP contribution in [0.25, 0.3) is 5.65 Å². The standard InChI is InChI=1S/C14H12N2O2/c17-12-3-1-10(2-4-12)7-11-8-16-9-13(18)5-6-14(16)15-11/h1-6,8-9,17-18H,7H2. The van der Waals surface area contributed by atoms with E-state index in [0.29, 0.717) is 6.42 Å². The Kier molecular flexibility index (Phi) is 2.41. The second kappa shape index (κ2) is 4.07. The summed E-state index contributed by atoms with van der Waals surface area (Å²) in [6, 6.07) is 10.5. The Bertz CT molecular complexity index is 687. The average molecular weight is 240 g/mol. The zero-order valence-corrected chi connectivity index (χ0v) is 9.61. The van der Waals surface area contributed by atoms with E-state index in [4.69, 9.17) is 0 Å². The summed E-state index contributed by atoms with van der Waals surface area (Å²) < 4.78 is 1.80. The van der Waals surface area contributed by atoms with Gasteiger partial charge in [-0.25, -0.2) is 4.98 Å². The first-order chi connectivity index (χ1) is 8.70. The Labute approximate surface area is 104 Å². The summed E-state index contributed by atoms with van der Waals surface area (Å²) in [6.45, 7) is 0. The topological polar surface area (TPSA) is 57.8 Å². The lowest BCUT2D eigenvalue weighted by atomic mass is 10.1. The second-order valence-electron chi connectivity index (χ2n) is 4.23. The molecule has 0 aliphatic rings. The summed E-state index contributed by atoms with van der Waals surface area (Å²) in [6.07, 6.45) is 4.22. The van der Waals surface area contributed by atoms with Crippen molar-refractivity contribution in [3.63, 3.8) is 0 Å². The number of phenols is 1. The van der Waals surface area contributed by atoms with Gasteiger partial charge in [0.15, 0.2) is 0 Å². The van der Waals surface area contributed by atoms with Gasteiger partial charge in [-0.05, 0) is 29.8 Å². The smallest absolute Gasteiger partial charge is 0.137 e. The van der Waals surface area contributed by atoms with Gasteiger partial charge < -0.3 is 14.6 Å². The fourth-order valence-electron chi connectivity index (χ4n) is 1.94. The highest BCUT2D eigenvalue weighted by Crippen LogP contribution is 2.16. The molecule has 0 atom stereocenters. The largest absolute Gasteiger partial charge is 0.508 e. The third-order valence-corrected chi connectivity index (χ3v) is 2.81. The van der Waals surface area contributed by atoms with E-state index in [2.05, 4.69) is 4.98 Å². The van der Waals surface area contributed by atoms with Crippen LogP contribution in [0.5, 0.6) is 11.5 Å². The molecule has 90 valence electrons. The molecule has 18 heavy (non-hydrogen) atoms. The molecule has 0 saturated carbocycles. The number of rotatable bonds is 2. The Morgan fingerprint density at radius 2 is 1.61 bits per heavy atom. The summed E-state index contributed by atoms with van der Waals surface area (Å²) in [4.78, 5) is 4.46. The molecular formula is C14H12N2O2. The SMILES string of the molecule is Oc1ccc(Cc2cn3cc(O)ccc3n2)cc1. The molecule has 0 fully saturated rings. The van der Waals surface area contributed by atoms with E-state index in [1.807, 2.05) is 18.3 Å². The van der Waals surface area contributed by atoms with E-state index in [1.54, 1.807) is 34.9 Å². The number of fused-ring (bicyclic) bond motifs is 1. The van der Waals surface area contributed by atoms with Crippen molar-refractivity contribution < 1.29 is 10.2 Å². The van der Waals surface area contributed by atoms with Crippen LogP contribution in [-0.2, 0) is 6.42 Å². The molecule has 0 aliphatic carbocycles. The number of phenolic OH excluding ortho intramolecular Hbond substituents is 1. The highest BCUT2D eigenvalue weighted by atomic mass is 16.3. The van der Waals surface area contributed by atoms with Gasteiger partial charge in [0.25, 0.3) is 0 Å². The lowest BCUT2D eigenvalue weighted by Crippen LogP contribution is -1.87. The van der Waals surface area contributed by atoms with Crippen molar-refractivity contribution >= 4 is 5.65 Å². The van der Waals surface area contributed by atoms with Gasteiger partial charge in [-0.1, -0.05) is 12.1 Å². The Hall–Kier alpha value is -2.49. The van der Waals surface area contributed by atoms with Crippen LogP contribution >= 0.6 is 0 Å². The zero-order chi connectivity index (χ0) is 12.5. The van der Waals surface area contributed by atoms with Crippen molar-refractivity contribution in [2.75, 3.05) is 0 Å². The molecule has 1 aromatic carbocycles. The van der Waals surface area contributed by atoms with Crippen LogP contribution < -0.4 is 0 Å². The van der Waals surface area contributed by atoms with E-state index < -0.39 is 0 Å². The highest BCUT2D eigenvalue weighted by molar-refractivity contribution is 5.43. The number of hydrogen-bond donors (Lipinski definition) is 2. The predicted octanol–water partition coefficient (Wildman–Crippen LogP) is 2.34. The lowest BCUT2D eigenvalue weighted by molar-refractivity contribution is 0.472.